The van der Waals surface area contributed by atoms with E-state index in [4.69, 9.17) is 9.47 Å². The van der Waals surface area contributed by atoms with Crippen LogP contribution in [0.15, 0.2) is 48.5 Å². The maximum absolute atomic E-state index is 12.9. The Bertz CT molecular complexity index is 693. The van der Waals surface area contributed by atoms with E-state index in [1.54, 1.807) is 12.1 Å². The Labute approximate surface area is 148 Å². The van der Waals surface area contributed by atoms with Gasteiger partial charge in [-0.25, -0.2) is 4.39 Å². The van der Waals surface area contributed by atoms with E-state index in [0.717, 1.165) is 50.3 Å². The van der Waals surface area contributed by atoms with Crippen LogP contribution in [0.25, 0.3) is 0 Å². The van der Waals surface area contributed by atoms with E-state index in [1.165, 1.54) is 17.7 Å². The highest BCUT2D eigenvalue weighted by molar-refractivity contribution is 5.31. The van der Waals surface area contributed by atoms with Crippen molar-refractivity contribution in [1.82, 2.24) is 5.32 Å². The van der Waals surface area contributed by atoms with Crippen LogP contribution in [-0.4, -0.2) is 25.3 Å². The molecule has 0 saturated carbocycles. The van der Waals surface area contributed by atoms with Crippen LogP contribution in [0, 0.1) is 5.82 Å². The fraction of sp³-hybridized carbons (Fsp3) is 0.429. The van der Waals surface area contributed by atoms with E-state index in [0.29, 0.717) is 12.5 Å². The molecule has 0 bridgehead atoms. The molecule has 4 heteroatoms. The van der Waals surface area contributed by atoms with E-state index in [2.05, 4.69) is 17.4 Å². The van der Waals surface area contributed by atoms with E-state index in [1.807, 2.05) is 12.1 Å². The summed E-state index contributed by atoms with van der Waals surface area (Å²) in [4.78, 5) is 0. The number of rotatable bonds is 4. The molecule has 0 radical (unpaired) electrons. The number of ether oxygens (including phenoxy) is 2. The minimum atomic E-state index is -0.224. The van der Waals surface area contributed by atoms with Crippen molar-refractivity contribution in [3.8, 4) is 5.75 Å². The van der Waals surface area contributed by atoms with Gasteiger partial charge in [0.2, 0.25) is 0 Å². The molecule has 2 aliphatic heterocycles. The normalized spacial score (nSPS) is 22.2. The summed E-state index contributed by atoms with van der Waals surface area (Å²) in [6, 6.07) is 14.7. The number of hydrogen-bond acceptors (Lipinski definition) is 3. The lowest BCUT2D eigenvalue weighted by Gasteiger charge is -2.33. The Balaban J connectivity index is 1.35. The SMILES string of the molecule is Fc1ccc(COc2ccc([C@H]3COC4(CCNCC4)C3)cc2)cc1. The van der Waals surface area contributed by atoms with Crippen molar-refractivity contribution < 1.29 is 13.9 Å². The molecular weight excluding hydrogens is 317 g/mol. The first-order chi connectivity index (χ1) is 12.2. The highest BCUT2D eigenvalue weighted by atomic mass is 19.1. The van der Waals surface area contributed by atoms with E-state index in [9.17, 15) is 4.39 Å². The monoisotopic (exact) mass is 341 g/mol. The van der Waals surface area contributed by atoms with Crippen LogP contribution in [0.2, 0.25) is 0 Å². The fourth-order valence-corrected chi connectivity index (χ4v) is 3.87. The molecule has 0 aromatic heterocycles. The lowest BCUT2D eigenvalue weighted by atomic mass is 9.84. The zero-order valence-corrected chi connectivity index (χ0v) is 14.3. The second-order valence-corrected chi connectivity index (χ2v) is 7.13. The quantitative estimate of drug-likeness (QED) is 0.911. The van der Waals surface area contributed by atoms with Crippen LogP contribution in [0.3, 0.4) is 0 Å². The zero-order valence-electron chi connectivity index (χ0n) is 14.3. The number of hydrogen-bond donors (Lipinski definition) is 1. The van der Waals surface area contributed by atoms with Gasteiger partial charge in [-0.3, -0.25) is 0 Å². The fourth-order valence-electron chi connectivity index (χ4n) is 3.87. The van der Waals surface area contributed by atoms with Crippen molar-refractivity contribution in [2.24, 2.45) is 0 Å². The Morgan fingerprint density at radius 2 is 1.76 bits per heavy atom. The van der Waals surface area contributed by atoms with Crippen molar-refractivity contribution in [1.29, 1.82) is 0 Å². The largest absolute Gasteiger partial charge is 0.489 e. The molecule has 0 amide bonds. The van der Waals surface area contributed by atoms with Crippen LogP contribution in [0.5, 0.6) is 5.75 Å². The predicted molar refractivity (Wildman–Crippen MR) is 95.3 cm³/mol. The van der Waals surface area contributed by atoms with Crippen molar-refractivity contribution in [3.05, 3.63) is 65.5 Å². The molecule has 2 fully saturated rings. The second kappa shape index (κ2) is 7.14. The number of piperidine rings is 1. The second-order valence-electron chi connectivity index (χ2n) is 7.13. The molecule has 2 heterocycles. The van der Waals surface area contributed by atoms with Gasteiger partial charge < -0.3 is 14.8 Å². The molecule has 2 aromatic carbocycles. The average Bonchev–Trinajstić information content (AvgIpc) is 3.06. The van der Waals surface area contributed by atoms with Crippen molar-refractivity contribution >= 4 is 0 Å². The van der Waals surface area contributed by atoms with Crippen LogP contribution in [0.1, 0.15) is 36.3 Å². The molecule has 132 valence electrons. The van der Waals surface area contributed by atoms with Gasteiger partial charge in [0, 0.05) is 5.92 Å². The average molecular weight is 341 g/mol. The zero-order chi connectivity index (χ0) is 17.1. The molecule has 1 spiro atoms. The van der Waals surface area contributed by atoms with Gasteiger partial charge in [-0.1, -0.05) is 24.3 Å². The summed E-state index contributed by atoms with van der Waals surface area (Å²) < 4.78 is 24.9. The van der Waals surface area contributed by atoms with Gasteiger partial charge in [0.1, 0.15) is 18.2 Å². The third kappa shape index (κ3) is 3.86. The smallest absolute Gasteiger partial charge is 0.123 e. The summed E-state index contributed by atoms with van der Waals surface area (Å²) in [5, 5.41) is 3.41. The van der Waals surface area contributed by atoms with Crippen LogP contribution in [0.4, 0.5) is 4.39 Å². The summed E-state index contributed by atoms with van der Waals surface area (Å²) in [5.74, 6) is 1.09. The van der Waals surface area contributed by atoms with Gasteiger partial charge in [-0.15, -0.1) is 0 Å². The summed E-state index contributed by atoms with van der Waals surface area (Å²) >= 11 is 0. The Morgan fingerprint density at radius 1 is 1.04 bits per heavy atom. The van der Waals surface area contributed by atoms with Crippen LogP contribution >= 0.6 is 0 Å². The first-order valence-corrected chi connectivity index (χ1v) is 9.04. The van der Waals surface area contributed by atoms with Gasteiger partial charge in [-0.2, -0.15) is 0 Å². The van der Waals surface area contributed by atoms with Crippen molar-refractivity contribution in [2.75, 3.05) is 19.7 Å². The standard InChI is InChI=1S/C21H24FNO2/c22-19-5-1-16(2-6-19)14-24-20-7-3-17(4-8-20)18-13-21(25-15-18)9-11-23-12-10-21/h1-8,18,23H,9-15H2/t18-/m1/s1. The first kappa shape index (κ1) is 16.6. The molecule has 0 unspecified atom stereocenters. The minimum Gasteiger partial charge on any atom is -0.489 e. The molecule has 2 saturated heterocycles. The lowest BCUT2D eigenvalue weighted by molar-refractivity contribution is -0.0193. The molecule has 3 nitrogen and oxygen atoms in total. The first-order valence-electron chi connectivity index (χ1n) is 9.04. The van der Waals surface area contributed by atoms with Gasteiger partial charge in [0.05, 0.1) is 12.2 Å². The predicted octanol–water partition coefficient (Wildman–Crippen LogP) is 4.03. The molecule has 1 atom stereocenters. The summed E-state index contributed by atoms with van der Waals surface area (Å²) in [6.45, 7) is 3.38. The Kier molecular flexibility index (Phi) is 4.73. The molecule has 2 aliphatic rings. The highest BCUT2D eigenvalue weighted by Gasteiger charge is 2.41. The lowest BCUT2D eigenvalue weighted by Crippen LogP contribution is -2.41. The van der Waals surface area contributed by atoms with Crippen LogP contribution < -0.4 is 10.1 Å². The van der Waals surface area contributed by atoms with E-state index in [-0.39, 0.29) is 11.4 Å². The van der Waals surface area contributed by atoms with Gasteiger partial charge >= 0.3 is 0 Å². The molecular formula is C21H24FNO2. The Hall–Kier alpha value is -1.91. The maximum atomic E-state index is 12.9. The highest BCUT2D eigenvalue weighted by Crippen LogP contribution is 2.41. The van der Waals surface area contributed by atoms with E-state index < -0.39 is 0 Å². The third-order valence-corrected chi connectivity index (χ3v) is 5.39. The maximum Gasteiger partial charge on any atom is 0.123 e. The van der Waals surface area contributed by atoms with Crippen molar-refractivity contribution in [2.45, 2.75) is 37.4 Å². The van der Waals surface area contributed by atoms with Crippen molar-refractivity contribution in [3.63, 3.8) is 0 Å². The third-order valence-electron chi connectivity index (χ3n) is 5.39. The summed E-state index contributed by atoms with van der Waals surface area (Å²) in [7, 11) is 0. The topological polar surface area (TPSA) is 30.5 Å². The van der Waals surface area contributed by atoms with Crippen LogP contribution in [-0.2, 0) is 11.3 Å². The minimum absolute atomic E-state index is 0.0909. The number of benzene rings is 2. The number of halogens is 1. The van der Waals surface area contributed by atoms with Gasteiger partial charge in [0.25, 0.3) is 0 Å². The molecule has 2 aromatic rings. The molecule has 0 aliphatic carbocycles. The van der Waals surface area contributed by atoms with E-state index >= 15 is 0 Å². The molecule has 25 heavy (non-hydrogen) atoms. The Morgan fingerprint density at radius 3 is 2.48 bits per heavy atom. The number of nitrogens with one attached hydrogen (secondary N) is 1. The van der Waals surface area contributed by atoms with Gasteiger partial charge in [0.15, 0.2) is 0 Å². The van der Waals surface area contributed by atoms with Gasteiger partial charge in [-0.05, 0) is 67.7 Å². The molecule has 4 rings (SSSR count). The molecule has 1 N–H and O–H groups in total. The summed E-state index contributed by atoms with van der Waals surface area (Å²) in [6.07, 6.45) is 3.34. The summed E-state index contributed by atoms with van der Waals surface area (Å²) in [5.41, 5.74) is 2.38.